The Hall–Kier alpha value is -1.26. The predicted molar refractivity (Wildman–Crippen MR) is 72.4 cm³/mol. The maximum atomic E-state index is 5.64. The monoisotopic (exact) mass is 253 g/mol. The highest BCUT2D eigenvalue weighted by Crippen LogP contribution is 2.27. The van der Waals surface area contributed by atoms with Crippen LogP contribution in [0.25, 0.3) is 0 Å². The fourth-order valence-corrected chi connectivity index (χ4v) is 1.59. The molecule has 18 heavy (non-hydrogen) atoms. The summed E-state index contributed by atoms with van der Waals surface area (Å²) in [7, 11) is 3.30. The number of benzene rings is 1. The van der Waals surface area contributed by atoms with E-state index in [0.29, 0.717) is 13.2 Å². The second-order valence-corrected chi connectivity index (χ2v) is 4.00. The maximum Gasteiger partial charge on any atom is 0.161 e. The summed E-state index contributed by atoms with van der Waals surface area (Å²) < 4.78 is 15.9. The topological polar surface area (TPSA) is 39.7 Å². The van der Waals surface area contributed by atoms with E-state index in [1.54, 1.807) is 14.2 Å². The highest BCUT2D eigenvalue weighted by atomic mass is 16.5. The molecule has 0 amide bonds. The van der Waals surface area contributed by atoms with E-state index in [9.17, 15) is 0 Å². The Morgan fingerprint density at radius 2 is 1.94 bits per heavy atom. The molecule has 0 saturated carbocycles. The van der Waals surface area contributed by atoms with Crippen LogP contribution >= 0.6 is 0 Å². The van der Waals surface area contributed by atoms with Crippen LogP contribution in [0.3, 0.4) is 0 Å². The number of rotatable bonds is 9. The molecule has 0 aliphatic heterocycles. The third-order valence-electron chi connectivity index (χ3n) is 2.53. The zero-order valence-corrected chi connectivity index (χ0v) is 11.5. The van der Waals surface area contributed by atoms with Crippen molar-refractivity contribution in [3.8, 4) is 11.5 Å². The van der Waals surface area contributed by atoms with E-state index in [1.165, 1.54) is 5.56 Å². The van der Waals surface area contributed by atoms with Gasteiger partial charge in [0.05, 0.1) is 13.7 Å². The molecular formula is C14H23NO3. The molecule has 4 heteroatoms. The maximum absolute atomic E-state index is 5.64. The Labute approximate surface area is 109 Å². The molecule has 1 rings (SSSR count). The Morgan fingerprint density at radius 3 is 2.61 bits per heavy atom. The van der Waals surface area contributed by atoms with Crippen molar-refractivity contribution in [2.45, 2.75) is 19.9 Å². The molecule has 4 nitrogen and oxygen atoms in total. The Kier molecular flexibility index (Phi) is 7.22. The first-order valence-corrected chi connectivity index (χ1v) is 6.31. The smallest absolute Gasteiger partial charge is 0.161 e. The summed E-state index contributed by atoms with van der Waals surface area (Å²) in [5.74, 6) is 1.52. The fraction of sp³-hybridized carbons (Fsp3) is 0.571. The van der Waals surface area contributed by atoms with Crippen LogP contribution in [0.15, 0.2) is 18.2 Å². The Balaban J connectivity index is 2.62. The molecule has 0 aliphatic carbocycles. The molecule has 0 unspecified atom stereocenters. The standard InChI is InChI=1S/C14H23NO3/c1-4-7-15-11-12-5-6-13(17-3)14(10-12)18-9-8-16-2/h5-6,10,15H,4,7-9,11H2,1-3H3. The lowest BCUT2D eigenvalue weighted by molar-refractivity contribution is 0.144. The third kappa shape index (κ3) is 4.94. The minimum Gasteiger partial charge on any atom is -0.493 e. The molecule has 0 radical (unpaired) electrons. The minimum atomic E-state index is 0.526. The number of hydrogen-bond donors (Lipinski definition) is 1. The highest BCUT2D eigenvalue weighted by molar-refractivity contribution is 5.42. The van der Waals surface area contributed by atoms with Crippen molar-refractivity contribution in [3.63, 3.8) is 0 Å². The highest BCUT2D eigenvalue weighted by Gasteiger charge is 2.05. The van der Waals surface area contributed by atoms with E-state index in [-0.39, 0.29) is 0 Å². The van der Waals surface area contributed by atoms with Gasteiger partial charge in [0.15, 0.2) is 11.5 Å². The van der Waals surface area contributed by atoms with Gasteiger partial charge in [-0.2, -0.15) is 0 Å². The minimum absolute atomic E-state index is 0.526. The van der Waals surface area contributed by atoms with Crippen molar-refractivity contribution in [2.75, 3.05) is 34.0 Å². The molecule has 0 heterocycles. The van der Waals surface area contributed by atoms with Gasteiger partial charge >= 0.3 is 0 Å². The first-order valence-electron chi connectivity index (χ1n) is 6.31. The van der Waals surface area contributed by atoms with Crippen LogP contribution in [-0.2, 0) is 11.3 Å². The molecule has 1 N–H and O–H groups in total. The molecule has 0 saturated heterocycles. The fourth-order valence-electron chi connectivity index (χ4n) is 1.59. The molecule has 0 aliphatic rings. The summed E-state index contributed by atoms with van der Waals surface area (Å²) in [6.45, 7) is 5.12. The molecule has 0 fully saturated rings. The third-order valence-corrected chi connectivity index (χ3v) is 2.53. The van der Waals surface area contributed by atoms with Crippen LogP contribution in [0.4, 0.5) is 0 Å². The first-order chi connectivity index (χ1) is 8.81. The van der Waals surface area contributed by atoms with Crippen molar-refractivity contribution in [1.29, 1.82) is 0 Å². The van der Waals surface area contributed by atoms with Gasteiger partial charge in [0, 0.05) is 13.7 Å². The van der Waals surface area contributed by atoms with Crippen molar-refractivity contribution in [2.24, 2.45) is 0 Å². The predicted octanol–water partition coefficient (Wildman–Crippen LogP) is 2.22. The van der Waals surface area contributed by atoms with E-state index in [2.05, 4.69) is 12.2 Å². The number of methoxy groups -OCH3 is 2. The van der Waals surface area contributed by atoms with Crippen LogP contribution < -0.4 is 14.8 Å². The van der Waals surface area contributed by atoms with Gasteiger partial charge in [-0.15, -0.1) is 0 Å². The molecule has 0 aromatic heterocycles. The summed E-state index contributed by atoms with van der Waals surface area (Å²) in [4.78, 5) is 0. The van der Waals surface area contributed by atoms with Gasteiger partial charge in [-0.1, -0.05) is 13.0 Å². The van der Waals surface area contributed by atoms with Gasteiger partial charge < -0.3 is 19.5 Å². The average Bonchev–Trinajstić information content (AvgIpc) is 2.40. The molecule has 102 valence electrons. The van der Waals surface area contributed by atoms with Crippen LogP contribution in [0.1, 0.15) is 18.9 Å². The van der Waals surface area contributed by atoms with Gasteiger partial charge in [-0.25, -0.2) is 0 Å². The van der Waals surface area contributed by atoms with Crippen molar-refractivity contribution in [3.05, 3.63) is 23.8 Å². The van der Waals surface area contributed by atoms with E-state index >= 15 is 0 Å². The van der Waals surface area contributed by atoms with Crippen LogP contribution in [0.2, 0.25) is 0 Å². The lowest BCUT2D eigenvalue weighted by Gasteiger charge is -2.12. The van der Waals surface area contributed by atoms with Crippen LogP contribution in [-0.4, -0.2) is 34.0 Å². The molecule has 0 spiro atoms. The van der Waals surface area contributed by atoms with Gasteiger partial charge in [-0.3, -0.25) is 0 Å². The molecule has 0 bridgehead atoms. The van der Waals surface area contributed by atoms with E-state index in [1.807, 2.05) is 18.2 Å². The van der Waals surface area contributed by atoms with Crippen molar-refractivity contribution in [1.82, 2.24) is 5.32 Å². The zero-order chi connectivity index (χ0) is 13.2. The zero-order valence-electron chi connectivity index (χ0n) is 11.5. The number of ether oxygens (including phenoxy) is 3. The summed E-state index contributed by atoms with van der Waals surface area (Å²) in [6.07, 6.45) is 1.13. The van der Waals surface area contributed by atoms with Crippen molar-refractivity contribution < 1.29 is 14.2 Å². The largest absolute Gasteiger partial charge is 0.493 e. The molecule has 0 atom stereocenters. The summed E-state index contributed by atoms with van der Waals surface area (Å²) >= 11 is 0. The quantitative estimate of drug-likeness (QED) is 0.685. The van der Waals surface area contributed by atoms with Crippen molar-refractivity contribution >= 4 is 0 Å². The first kappa shape index (κ1) is 14.8. The Bertz CT molecular complexity index is 342. The lowest BCUT2D eigenvalue weighted by Crippen LogP contribution is -2.14. The second-order valence-electron chi connectivity index (χ2n) is 4.00. The number of hydrogen-bond acceptors (Lipinski definition) is 4. The summed E-state index contributed by atoms with van der Waals surface area (Å²) in [5, 5.41) is 3.36. The lowest BCUT2D eigenvalue weighted by atomic mass is 10.2. The molecule has 1 aromatic rings. The van der Waals surface area contributed by atoms with Gasteiger partial charge in [-0.05, 0) is 30.7 Å². The van der Waals surface area contributed by atoms with E-state index in [4.69, 9.17) is 14.2 Å². The second kappa shape index (κ2) is 8.78. The normalized spacial score (nSPS) is 10.4. The van der Waals surface area contributed by atoms with Gasteiger partial charge in [0.2, 0.25) is 0 Å². The molecule has 1 aromatic carbocycles. The van der Waals surface area contributed by atoms with Gasteiger partial charge in [0.25, 0.3) is 0 Å². The SMILES string of the molecule is CCCNCc1ccc(OC)c(OCCOC)c1. The van der Waals surface area contributed by atoms with Gasteiger partial charge in [0.1, 0.15) is 6.61 Å². The van der Waals surface area contributed by atoms with Crippen LogP contribution in [0, 0.1) is 0 Å². The molecular weight excluding hydrogens is 230 g/mol. The average molecular weight is 253 g/mol. The Morgan fingerprint density at radius 1 is 1.11 bits per heavy atom. The summed E-state index contributed by atoms with van der Waals surface area (Å²) in [6, 6.07) is 5.99. The van der Waals surface area contributed by atoms with Crippen LogP contribution in [0.5, 0.6) is 11.5 Å². The number of nitrogens with one attached hydrogen (secondary N) is 1. The van der Waals surface area contributed by atoms with E-state index in [0.717, 1.165) is 31.0 Å². The van der Waals surface area contributed by atoms with E-state index < -0.39 is 0 Å². The summed E-state index contributed by atoms with van der Waals surface area (Å²) in [5.41, 5.74) is 1.19.